The molecule has 180 valence electrons. The van der Waals surface area contributed by atoms with Crippen molar-refractivity contribution in [2.75, 3.05) is 34.0 Å². The van der Waals surface area contributed by atoms with Crippen LogP contribution in [0.3, 0.4) is 0 Å². The van der Waals surface area contributed by atoms with Gasteiger partial charge in [-0.25, -0.2) is 0 Å². The molecule has 33 heavy (non-hydrogen) atoms. The number of hydrogen-bond donors (Lipinski definition) is 2. The summed E-state index contributed by atoms with van der Waals surface area (Å²) in [5.41, 5.74) is 0.917. The van der Waals surface area contributed by atoms with Gasteiger partial charge in [-0.1, -0.05) is 13.3 Å². The summed E-state index contributed by atoms with van der Waals surface area (Å²) >= 11 is 0. The largest absolute Gasteiger partial charge is 0.493 e. The van der Waals surface area contributed by atoms with Crippen molar-refractivity contribution in [1.29, 1.82) is 0 Å². The molecule has 0 radical (unpaired) electrons. The van der Waals surface area contributed by atoms with Crippen molar-refractivity contribution in [2.45, 2.75) is 39.7 Å². The first-order valence-corrected chi connectivity index (χ1v) is 11.2. The maximum atomic E-state index is 12.8. The fraction of sp³-hybridized carbons (Fsp3) is 0.440. The van der Waals surface area contributed by atoms with Gasteiger partial charge in [-0.2, -0.15) is 0 Å². The molecule has 2 amide bonds. The molecule has 8 nitrogen and oxygen atoms in total. The van der Waals surface area contributed by atoms with Crippen molar-refractivity contribution in [1.82, 2.24) is 10.6 Å². The number of carbonyl (C=O) groups excluding carboxylic acids is 2. The predicted octanol–water partition coefficient (Wildman–Crippen LogP) is 3.83. The lowest BCUT2D eigenvalue weighted by Crippen LogP contribution is -2.43. The van der Waals surface area contributed by atoms with Crippen molar-refractivity contribution in [2.24, 2.45) is 0 Å². The second-order valence-electron chi connectivity index (χ2n) is 7.27. The van der Waals surface area contributed by atoms with Crippen LogP contribution in [0.5, 0.6) is 23.0 Å². The van der Waals surface area contributed by atoms with Crippen LogP contribution in [0.1, 0.15) is 54.3 Å². The van der Waals surface area contributed by atoms with Crippen LogP contribution < -0.4 is 29.6 Å². The molecular weight excluding hydrogens is 424 g/mol. The molecule has 2 aromatic rings. The summed E-state index contributed by atoms with van der Waals surface area (Å²) in [6.45, 7) is 6.98. The lowest BCUT2D eigenvalue weighted by molar-refractivity contribution is 0.0906. The topological polar surface area (TPSA) is 95.1 Å². The molecule has 2 aromatic carbocycles. The van der Waals surface area contributed by atoms with Crippen LogP contribution in [0.25, 0.3) is 0 Å². The molecule has 0 aliphatic heterocycles. The molecule has 0 bridgehead atoms. The number of rotatable bonds is 13. The molecule has 0 aliphatic rings. The molecule has 0 spiro atoms. The van der Waals surface area contributed by atoms with Gasteiger partial charge in [0.25, 0.3) is 11.8 Å². The maximum Gasteiger partial charge on any atom is 0.251 e. The summed E-state index contributed by atoms with van der Waals surface area (Å²) in [5, 5.41) is 5.91. The van der Waals surface area contributed by atoms with E-state index < -0.39 is 0 Å². The summed E-state index contributed by atoms with van der Waals surface area (Å²) < 4.78 is 21.7. The van der Waals surface area contributed by atoms with Gasteiger partial charge >= 0.3 is 0 Å². The highest BCUT2D eigenvalue weighted by molar-refractivity contribution is 5.96. The highest BCUT2D eigenvalue weighted by atomic mass is 16.5. The average molecular weight is 459 g/mol. The lowest BCUT2D eigenvalue weighted by atomic mass is 10.1. The maximum absolute atomic E-state index is 12.8. The molecule has 0 heterocycles. The molecule has 8 heteroatoms. The Morgan fingerprint density at radius 1 is 0.788 bits per heavy atom. The molecule has 0 saturated heterocycles. The van der Waals surface area contributed by atoms with E-state index in [4.69, 9.17) is 18.9 Å². The fourth-order valence-electron chi connectivity index (χ4n) is 3.33. The first-order valence-electron chi connectivity index (χ1n) is 11.2. The first kappa shape index (κ1) is 25.8. The van der Waals surface area contributed by atoms with E-state index in [0.717, 1.165) is 6.42 Å². The van der Waals surface area contributed by atoms with Crippen molar-refractivity contribution >= 4 is 11.8 Å². The van der Waals surface area contributed by atoms with Crippen molar-refractivity contribution in [3.63, 3.8) is 0 Å². The van der Waals surface area contributed by atoms with Gasteiger partial charge in [0.1, 0.15) is 0 Å². The Kier molecular flexibility index (Phi) is 10.3. The second kappa shape index (κ2) is 13.2. The number of ether oxygens (including phenoxy) is 4. The van der Waals surface area contributed by atoms with Gasteiger partial charge in [-0.3, -0.25) is 9.59 Å². The van der Waals surface area contributed by atoms with Crippen LogP contribution in [0.15, 0.2) is 36.4 Å². The van der Waals surface area contributed by atoms with E-state index in [0.29, 0.717) is 60.3 Å². The zero-order chi connectivity index (χ0) is 24.2. The molecule has 0 aliphatic carbocycles. The van der Waals surface area contributed by atoms with Gasteiger partial charge in [-0.15, -0.1) is 0 Å². The monoisotopic (exact) mass is 458 g/mol. The van der Waals surface area contributed by atoms with Gasteiger partial charge < -0.3 is 29.6 Å². The predicted molar refractivity (Wildman–Crippen MR) is 127 cm³/mol. The van der Waals surface area contributed by atoms with E-state index in [2.05, 4.69) is 10.6 Å². The SMILES string of the molecule is CCC[C@H](CNC(=O)c1ccc(OC)c(OCC)c1)NC(=O)c1ccc(OC)c(OCC)c1. The molecule has 0 aromatic heterocycles. The summed E-state index contributed by atoms with van der Waals surface area (Å²) in [5.74, 6) is 1.66. The number of nitrogens with one attached hydrogen (secondary N) is 2. The van der Waals surface area contributed by atoms with Crippen molar-refractivity contribution in [3.05, 3.63) is 47.5 Å². The van der Waals surface area contributed by atoms with E-state index >= 15 is 0 Å². The van der Waals surface area contributed by atoms with E-state index in [9.17, 15) is 9.59 Å². The van der Waals surface area contributed by atoms with Crippen LogP contribution in [-0.2, 0) is 0 Å². The Morgan fingerprint density at radius 3 is 1.76 bits per heavy atom. The van der Waals surface area contributed by atoms with Crippen LogP contribution >= 0.6 is 0 Å². The van der Waals surface area contributed by atoms with E-state index in [1.54, 1.807) is 50.6 Å². The Morgan fingerprint density at radius 2 is 1.30 bits per heavy atom. The average Bonchev–Trinajstić information content (AvgIpc) is 2.82. The Hall–Kier alpha value is -3.42. The zero-order valence-electron chi connectivity index (χ0n) is 20.0. The molecule has 0 fully saturated rings. The van der Waals surface area contributed by atoms with Crippen LogP contribution in [0, 0.1) is 0 Å². The van der Waals surface area contributed by atoms with E-state index in [1.807, 2.05) is 20.8 Å². The number of amides is 2. The lowest BCUT2D eigenvalue weighted by Gasteiger charge is -2.20. The number of carbonyl (C=O) groups is 2. The minimum atomic E-state index is -0.253. The Balaban J connectivity index is 2.06. The van der Waals surface area contributed by atoms with Crippen molar-refractivity contribution in [3.8, 4) is 23.0 Å². The van der Waals surface area contributed by atoms with Crippen LogP contribution in [0.4, 0.5) is 0 Å². The summed E-state index contributed by atoms with van der Waals surface area (Å²) in [4.78, 5) is 25.5. The highest BCUT2D eigenvalue weighted by Gasteiger charge is 2.17. The smallest absolute Gasteiger partial charge is 0.251 e. The third-order valence-corrected chi connectivity index (χ3v) is 4.93. The molecule has 2 N–H and O–H groups in total. The third-order valence-electron chi connectivity index (χ3n) is 4.93. The minimum absolute atomic E-state index is 0.228. The summed E-state index contributed by atoms with van der Waals surface area (Å²) in [7, 11) is 3.10. The van der Waals surface area contributed by atoms with E-state index in [1.165, 1.54) is 0 Å². The van der Waals surface area contributed by atoms with Gasteiger partial charge in [0.2, 0.25) is 0 Å². The highest BCUT2D eigenvalue weighted by Crippen LogP contribution is 2.29. The zero-order valence-corrected chi connectivity index (χ0v) is 20.0. The molecular formula is C25H34N2O6. The molecule has 1 atom stereocenters. The minimum Gasteiger partial charge on any atom is -0.493 e. The molecule has 0 unspecified atom stereocenters. The molecule has 2 rings (SSSR count). The summed E-state index contributed by atoms with van der Waals surface area (Å²) in [6, 6.07) is 9.85. The number of methoxy groups -OCH3 is 2. The molecule has 0 saturated carbocycles. The summed E-state index contributed by atoms with van der Waals surface area (Å²) in [6.07, 6.45) is 1.57. The number of hydrogen-bond acceptors (Lipinski definition) is 6. The van der Waals surface area contributed by atoms with Gasteiger partial charge in [-0.05, 0) is 56.7 Å². The quantitative estimate of drug-likeness (QED) is 0.474. The van der Waals surface area contributed by atoms with E-state index in [-0.39, 0.29) is 17.9 Å². The second-order valence-corrected chi connectivity index (χ2v) is 7.27. The standard InChI is InChI=1S/C25H34N2O6/c1-6-9-19(27-25(29)18-11-13-21(31-5)23(15-18)33-8-3)16-26-24(28)17-10-12-20(30-4)22(14-17)32-7-2/h10-15,19H,6-9,16H2,1-5H3,(H,26,28)(H,27,29)/t19-/m1/s1. The van der Waals surface area contributed by atoms with Gasteiger partial charge in [0.15, 0.2) is 23.0 Å². The van der Waals surface area contributed by atoms with Crippen LogP contribution in [0.2, 0.25) is 0 Å². The van der Waals surface area contributed by atoms with Gasteiger partial charge in [0.05, 0.1) is 27.4 Å². The fourth-order valence-corrected chi connectivity index (χ4v) is 3.33. The first-order chi connectivity index (χ1) is 16.0. The van der Waals surface area contributed by atoms with Gasteiger partial charge in [0, 0.05) is 23.7 Å². The number of benzene rings is 2. The van der Waals surface area contributed by atoms with Crippen LogP contribution in [-0.4, -0.2) is 51.8 Å². The Labute approximate surface area is 195 Å². The Bertz CT molecular complexity index is 931. The normalized spacial score (nSPS) is 11.3. The van der Waals surface area contributed by atoms with Crippen molar-refractivity contribution < 1.29 is 28.5 Å². The third kappa shape index (κ3) is 7.30.